The van der Waals surface area contributed by atoms with E-state index in [9.17, 15) is 5.11 Å². The number of hydrogen-bond acceptors (Lipinski definition) is 4. The molecule has 5 aromatic carbocycles. The van der Waals surface area contributed by atoms with Crippen molar-refractivity contribution < 1.29 is 14.2 Å². The van der Waals surface area contributed by atoms with Gasteiger partial charge in [-0.3, -0.25) is 9.80 Å². The molecule has 4 atom stereocenters. The Bertz CT molecular complexity index is 1790. The van der Waals surface area contributed by atoms with Crippen molar-refractivity contribution in [3.05, 3.63) is 125 Å². The van der Waals surface area contributed by atoms with Crippen LogP contribution < -0.4 is 4.74 Å². The monoisotopic (exact) mass is 586 g/mol. The highest BCUT2D eigenvalue weighted by atomic mass is 19.1. The van der Waals surface area contributed by atoms with Gasteiger partial charge in [0.1, 0.15) is 24.6 Å². The first-order valence-corrected chi connectivity index (χ1v) is 16.1. The lowest BCUT2D eigenvalue weighted by Gasteiger charge is -2.40. The fourth-order valence-electron chi connectivity index (χ4n) is 7.76. The van der Waals surface area contributed by atoms with Gasteiger partial charge in [0, 0.05) is 38.6 Å². The van der Waals surface area contributed by atoms with E-state index in [1.807, 2.05) is 18.2 Å². The average molecular weight is 587 g/mol. The highest BCUT2D eigenvalue weighted by Crippen LogP contribution is 2.55. The van der Waals surface area contributed by atoms with Crippen LogP contribution in [0.5, 0.6) is 5.75 Å². The van der Waals surface area contributed by atoms with E-state index in [1.165, 1.54) is 27.3 Å². The zero-order valence-electron chi connectivity index (χ0n) is 25.0. The number of piperazine rings is 1. The summed E-state index contributed by atoms with van der Waals surface area (Å²) in [4.78, 5) is 4.86. The molecule has 44 heavy (non-hydrogen) atoms. The maximum Gasteiger partial charge on any atom is 0.133 e. The van der Waals surface area contributed by atoms with Gasteiger partial charge in [0.05, 0.1) is 6.04 Å². The van der Waals surface area contributed by atoms with E-state index in [0.29, 0.717) is 12.5 Å². The molecule has 0 amide bonds. The maximum atomic E-state index is 16.3. The van der Waals surface area contributed by atoms with Gasteiger partial charge in [-0.05, 0) is 74.7 Å². The minimum Gasteiger partial charge on any atom is -0.491 e. The predicted octanol–water partition coefficient (Wildman–Crippen LogP) is 7.66. The molecule has 224 valence electrons. The summed E-state index contributed by atoms with van der Waals surface area (Å²) in [5.74, 6) is 1.15. The maximum absolute atomic E-state index is 16.3. The molecule has 2 aliphatic carbocycles. The predicted molar refractivity (Wildman–Crippen MR) is 175 cm³/mol. The second kappa shape index (κ2) is 11.6. The lowest BCUT2D eigenvalue weighted by molar-refractivity contribution is 0.0400. The highest BCUT2D eigenvalue weighted by molar-refractivity contribution is 6.07. The summed E-state index contributed by atoms with van der Waals surface area (Å²) in [5.41, 5.74) is 4.44. The number of aliphatic hydroxyl groups is 1. The molecule has 3 aliphatic rings. The second-order valence-corrected chi connectivity index (χ2v) is 12.9. The Kier molecular flexibility index (Phi) is 7.33. The number of hydrogen-bond donors (Lipinski definition) is 1. The van der Waals surface area contributed by atoms with Crippen LogP contribution >= 0.6 is 0 Å². The average Bonchev–Trinajstić information content (AvgIpc) is 3.91. The quantitative estimate of drug-likeness (QED) is 0.199. The van der Waals surface area contributed by atoms with E-state index >= 15 is 4.39 Å². The summed E-state index contributed by atoms with van der Waals surface area (Å²) >= 11 is 0. The fraction of sp³-hybridized carbons (Fsp3) is 0.333. The zero-order valence-corrected chi connectivity index (χ0v) is 25.0. The molecule has 1 saturated carbocycles. The van der Waals surface area contributed by atoms with Crippen molar-refractivity contribution in [3.8, 4) is 5.75 Å². The van der Waals surface area contributed by atoms with Gasteiger partial charge in [-0.15, -0.1) is 0 Å². The standard InChI is InChI=1S/C39H39FN2O2/c40-38-34-10-4-6-12-36(34)39(35-11-5-3-9-33(35)37(38)27-14-15-27)42-21-19-41(20-22-42)24-29(43)25-44-30-17-18-32-28(23-30)16-13-26-7-1-2-8-31(26)32/h1-13,16-18,23,27,29,37-39,43H,14-15,19-22,24-25H2/t29-,37?,38?,39?/m1/s1. The molecule has 1 saturated heterocycles. The molecular weight excluding hydrogens is 547 g/mol. The van der Waals surface area contributed by atoms with Crippen LogP contribution in [0, 0.1) is 5.92 Å². The third kappa shape index (κ3) is 5.17. The third-order valence-corrected chi connectivity index (χ3v) is 10.1. The molecular formula is C39H39FN2O2. The van der Waals surface area contributed by atoms with Crippen LogP contribution in [-0.2, 0) is 0 Å². The summed E-state index contributed by atoms with van der Waals surface area (Å²) < 4.78 is 22.3. The molecule has 5 heteroatoms. The Hall–Kier alpha value is -3.77. The van der Waals surface area contributed by atoms with Crippen LogP contribution in [0.4, 0.5) is 4.39 Å². The van der Waals surface area contributed by atoms with E-state index in [-0.39, 0.29) is 18.6 Å². The Morgan fingerprint density at radius 3 is 2.11 bits per heavy atom. The van der Waals surface area contributed by atoms with Gasteiger partial charge < -0.3 is 9.84 Å². The van der Waals surface area contributed by atoms with Crippen molar-refractivity contribution in [2.24, 2.45) is 5.92 Å². The van der Waals surface area contributed by atoms with Gasteiger partial charge in [0.15, 0.2) is 0 Å². The van der Waals surface area contributed by atoms with Gasteiger partial charge in [-0.1, -0.05) is 91.0 Å². The minimum absolute atomic E-state index is 0.0461. The SMILES string of the molecule is O[C@@H](COc1ccc2c(ccc3ccccc32)c1)CN1CCN(C2c3ccccc3C(F)C(C3CC3)c3ccccc32)CC1. The third-order valence-electron chi connectivity index (χ3n) is 10.1. The van der Waals surface area contributed by atoms with Gasteiger partial charge in [0.25, 0.3) is 0 Å². The molecule has 0 bridgehead atoms. The summed E-state index contributed by atoms with van der Waals surface area (Å²) in [6.45, 7) is 4.26. The Morgan fingerprint density at radius 1 is 0.705 bits per heavy atom. The van der Waals surface area contributed by atoms with Crippen molar-refractivity contribution in [2.45, 2.75) is 37.1 Å². The molecule has 1 N–H and O–H groups in total. The van der Waals surface area contributed by atoms with E-state index in [0.717, 1.165) is 61.3 Å². The summed E-state index contributed by atoms with van der Waals surface area (Å²) in [6, 6.07) is 35.7. The van der Waals surface area contributed by atoms with Crippen molar-refractivity contribution in [1.29, 1.82) is 0 Å². The van der Waals surface area contributed by atoms with E-state index < -0.39 is 12.3 Å². The summed E-state index contributed by atoms with van der Waals surface area (Å²) in [5, 5.41) is 15.7. The van der Waals surface area contributed by atoms with Crippen LogP contribution in [0.2, 0.25) is 0 Å². The van der Waals surface area contributed by atoms with Crippen LogP contribution in [0.15, 0.2) is 103 Å². The molecule has 0 spiro atoms. The summed E-state index contributed by atoms with van der Waals surface area (Å²) in [7, 11) is 0. The highest BCUT2D eigenvalue weighted by Gasteiger charge is 2.44. The minimum atomic E-state index is -0.969. The number of rotatable bonds is 7. The van der Waals surface area contributed by atoms with Gasteiger partial charge >= 0.3 is 0 Å². The fourth-order valence-corrected chi connectivity index (χ4v) is 7.76. The molecule has 8 rings (SSSR count). The van der Waals surface area contributed by atoms with Crippen LogP contribution in [0.1, 0.15) is 53.2 Å². The number of aliphatic hydroxyl groups excluding tert-OH is 1. The largest absolute Gasteiger partial charge is 0.491 e. The molecule has 2 fully saturated rings. The number of alkyl halides is 1. The van der Waals surface area contributed by atoms with E-state index in [1.54, 1.807) is 0 Å². The van der Waals surface area contributed by atoms with Gasteiger partial charge in [0.2, 0.25) is 0 Å². The topological polar surface area (TPSA) is 35.9 Å². The van der Waals surface area contributed by atoms with Crippen molar-refractivity contribution in [1.82, 2.24) is 9.80 Å². The van der Waals surface area contributed by atoms with Gasteiger partial charge in [-0.2, -0.15) is 0 Å². The molecule has 3 unspecified atom stereocenters. The Labute approximate surface area is 258 Å². The van der Waals surface area contributed by atoms with Crippen molar-refractivity contribution >= 4 is 21.5 Å². The van der Waals surface area contributed by atoms with E-state index in [2.05, 4.69) is 94.7 Å². The number of fused-ring (bicyclic) bond motifs is 5. The lowest BCUT2D eigenvalue weighted by Crippen LogP contribution is -2.50. The zero-order chi connectivity index (χ0) is 29.6. The summed E-state index contributed by atoms with van der Waals surface area (Å²) in [6.07, 6.45) is 0.687. The van der Waals surface area contributed by atoms with Crippen molar-refractivity contribution in [3.63, 3.8) is 0 Å². The van der Waals surface area contributed by atoms with Crippen LogP contribution in [0.3, 0.4) is 0 Å². The van der Waals surface area contributed by atoms with Crippen LogP contribution in [0.25, 0.3) is 21.5 Å². The molecule has 5 aromatic rings. The molecule has 1 aliphatic heterocycles. The molecule has 0 radical (unpaired) electrons. The molecule has 0 aromatic heterocycles. The van der Waals surface area contributed by atoms with Crippen LogP contribution in [-0.4, -0.2) is 60.3 Å². The lowest BCUT2D eigenvalue weighted by atomic mass is 9.85. The molecule has 1 heterocycles. The van der Waals surface area contributed by atoms with E-state index in [4.69, 9.17) is 4.74 Å². The number of nitrogens with zero attached hydrogens (tertiary/aromatic N) is 2. The first-order chi connectivity index (χ1) is 21.6. The Morgan fingerprint density at radius 2 is 1.34 bits per heavy atom. The number of halogens is 1. The number of ether oxygens (including phenoxy) is 1. The second-order valence-electron chi connectivity index (χ2n) is 12.9. The first-order valence-electron chi connectivity index (χ1n) is 16.1. The number of benzene rings is 5. The normalized spacial score (nSPS) is 23.2. The molecule has 4 nitrogen and oxygen atoms in total. The first kappa shape index (κ1) is 27.8. The number of β-amino-alcohol motifs (C(OH)–C–C–N with tert-alkyl or cyclic N) is 1. The smallest absolute Gasteiger partial charge is 0.133 e. The van der Waals surface area contributed by atoms with Gasteiger partial charge in [-0.25, -0.2) is 4.39 Å². The Balaban J connectivity index is 0.935. The van der Waals surface area contributed by atoms with Crippen molar-refractivity contribution in [2.75, 3.05) is 39.3 Å².